The summed E-state index contributed by atoms with van der Waals surface area (Å²) < 4.78 is 1.89. The largest absolute Gasteiger partial charge is 0.165 e. The Bertz CT molecular complexity index is 1050. The normalized spacial score (nSPS) is 10.2. The fourth-order valence-corrected chi connectivity index (χ4v) is 3.69. The van der Waals surface area contributed by atoms with Crippen LogP contribution in [0.2, 0.25) is 0 Å². The maximum Gasteiger partial charge on any atom is -0.0486 e. The average molecular weight is 505 g/mol. The van der Waals surface area contributed by atoms with Crippen molar-refractivity contribution in [1.82, 2.24) is 0 Å². The van der Waals surface area contributed by atoms with Crippen LogP contribution in [0.5, 0.6) is 0 Å². The second-order valence-corrected chi connectivity index (χ2v) is 16.6. The van der Waals surface area contributed by atoms with E-state index in [0.29, 0.717) is 0 Å². The van der Waals surface area contributed by atoms with Gasteiger partial charge in [-0.15, -0.1) is 56.9 Å². The maximum atomic E-state index is 5.37. The Morgan fingerprint density at radius 1 is 0.655 bits per heavy atom. The third-order valence-electron chi connectivity index (χ3n) is 4.85. The van der Waals surface area contributed by atoms with E-state index in [1.807, 2.05) is 10.6 Å². The Morgan fingerprint density at radius 3 is 1.31 bits per heavy atom. The van der Waals surface area contributed by atoms with Gasteiger partial charge in [-0.3, -0.25) is 0 Å². The Kier molecular flexibility index (Phi) is 9.08. The summed E-state index contributed by atoms with van der Waals surface area (Å²) in [7, 11) is 10.7. The van der Waals surface area contributed by atoms with Gasteiger partial charge in [-0.2, -0.15) is 12.1 Å². The molecule has 0 bridgehead atoms. The van der Waals surface area contributed by atoms with Crippen LogP contribution in [0.25, 0.3) is 21.5 Å². The molecule has 0 N–H and O–H groups in total. The molecule has 4 aromatic carbocycles. The predicted molar refractivity (Wildman–Crippen MR) is 131 cm³/mol. The minimum absolute atomic E-state index is 1.35. The summed E-state index contributed by atoms with van der Waals surface area (Å²) in [6.45, 7) is 14.8. The molecule has 4 aromatic rings. The van der Waals surface area contributed by atoms with Gasteiger partial charge >= 0.3 is 46.5 Å². The number of rotatable bonds is 0. The second-order valence-electron chi connectivity index (χ2n) is 7.81. The van der Waals surface area contributed by atoms with Crippen LogP contribution in [0.15, 0.2) is 48.5 Å². The fraction of sp³-hybridized carbons (Fsp3) is 0.269. The first kappa shape index (κ1) is 24.3. The molecule has 0 spiro atoms. The van der Waals surface area contributed by atoms with Crippen LogP contribution >= 0.6 is 17.0 Å². The molecule has 0 radical (unpaired) electrons. The van der Waals surface area contributed by atoms with Gasteiger partial charge in [0.1, 0.15) is 0 Å². The van der Waals surface area contributed by atoms with E-state index in [4.69, 9.17) is 17.0 Å². The quantitative estimate of drug-likeness (QED) is 0.210. The molecule has 29 heavy (non-hydrogen) atoms. The average Bonchev–Trinajstić information content (AvgIpc) is 3.17. The van der Waals surface area contributed by atoms with Gasteiger partial charge in [0.05, 0.1) is 0 Å². The minimum atomic E-state index is -1.76. The summed E-state index contributed by atoms with van der Waals surface area (Å²) in [5.41, 5.74) is 8.20. The smallest absolute Gasteiger partial charge is 0.0486 e. The van der Waals surface area contributed by atoms with Crippen LogP contribution in [0, 0.1) is 41.5 Å². The van der Waals surface area contributed by atoms with Crippen molar-refractivity contribution < 1.29 is 18.9 Å². The third-order valence-corrected chi connectivity index (χ3v) is 8.51. The van der Waals surface area contributed by atoms with Crippen molar-refractivity contribution >= 4 is 42.3 Å². The van der Waals surface area contributed by atoms with Gasteiger partial charge in [-0.05, 0) is 27.7 Å². The summed E-state index contributed by atoms with van der Waals surface area (Å²) in [5, 5.41) is 5.56. The third kappa shape index (κ3) is 7.02. The molecule has 0 aromatic heterocycles. The van der Waals surface area contributed by atoms with Crippen LogP contribution in [0.1, 0.15) is 40.3 Å². The summed E-state index contributed by atoms with van der Waals surface area (Å²) >= 11 is -1.76. The zero-order chi connectivity index (χ0) is 21.7. The monoisotopic (exact) mass is 502 g/mol. The van der Waals surface area contributed by atoms with E-state index in [1.54, 1.807) is 0 Å². The van der Waals surface area contributed by atoms with Gasteiger partial charge in [0.15, 0.2) is 0 Å². The van der Waals surface area contributed by atoms with Crippen LogP contribution in [-0.2, 0) is 18.9 Å². The van der Waals surface area contributed by atoms with Crippen molar-refractivity contribution in [3.05, 3.63) is 81.9 Å². The van der Waals surface area contributed by atoms with E-state index in [2.05, 4.69) is 90.1 Å². The van der Waals surface area contributed by atoms with Crippen LogP contribution in [-0.4, -0.2) is 3.71 Å². The van der Waals surface area contributed by atoms with Gasteiger partial charge in [0.2, 0.25) is 0 Å². The fourth-order valence-electron chi connectivity index (χ4n) is 3.69. The van der Waals surface area contributed by atoms with Crippen molar-refractivity contribution in [3.63, 3.8) is 0 Å². The number of fused-ring (bicyclic) bond motifs is 2. The Balaban J connectivity index is 0.000000170. The molecule has 0 aliphatic rings. The Hall–Kier alpha value is -1.01. The zero-order valence-electron chi connectivity index (χ0n) is 18.5. The topological polar surface area (TPSA) is 0 Å². The molecule has 4 rings (SSSR count). The molecule has 0 fully saturated rings. The van der Waals surface area contributed by atoms with E-state index in [1.165, 1.54) is 54.9 Å². The molecular formula is C26H30Cl2Zr-2. The standard InChI is InChI=1S/2C12H13.C2H4.2ClH.Zr/c2*1-8-4-10(3)12-7-9(2)6-11(12)5-8;1-2;;;/h2*4-7H,1-3H3;1H,2H3;2*1H;/q2*-1;;;;+2/p-2. The van der Waals surface area contributed by atoms with E-state index in [-0.39, 0.29) is 0 Å². The number of aryl methyl sites for hydroxylation is 6. The molecule has 0 nitrogen and oxygen atoms in total. The zero-order valence-corrected chi connectivity index (χ0v) is 22.4. The van der Waals surface area contributed by atoms with Gasteiger partial charge in [0, 0.05) is 0 Å². The van der Waals surface area contributed by atoms with E-state index < -0.39 is 18.9 Å². The molecule has 3 heteroatoms. The molecule has 0 saturated heterocycles. The first-order valence-electron chi connectivity index (χ1n) is 9.86. The number of benzene rings is 2. The van der Waals surface area contributed by atoms with Gasteiger partial charge in [-0.1, -0.05) is 48.2 Å². The van der Waals surface area contributed by atoms with Crippen molar-refractivity contribution in [3.8, 4) is 0 Å². The van der Waals surface area contributed by atoms with E-state index in [9.17, 15) is 0 Å². The van der Waals surface area contributed by atoms with Gasteiger partial charge in [-0.25, -0.2) is 0 Å². The van der Waals surface area contributed by atoms with Gasteiger partial charge < -0.3 is 0 Å². The molecule has 0 aliphatic heterocycles. The predicted octanol–water partition coefficient (Wildman–Crippen LogP) is 8.70. The Morgan fingerprint density at radius 2 is 1.00 bits per heavy atom. The van der Waals surface area contributed by atoms with E-state index in [0.717, 1.165) is 0 Å². The molecule has 0 atom stereocenters. The molecular weight excluding hydrogens is 474 g/mol. The van der Waals surface area contributed by atoms with Crippen LogP contribution < -0.4 is 0 Å². The van der Waals surface area contributed by atoms with Crippen molar-refractivity contribution in [2.45, 2.75) is 48.5 Å². The van der Waals surface area contributed by atoms with Crippen molar-refractivity contribution in [1.29, 1.82) is 0 Å². The Labute approximate surface area is 190 Å². The first-order valence-corrected chi connectivity index (χ1v) is 17.6. The number of hydrogen-bond donors (Lipinski definition) is 0. The number of hydrogen-bond acceptors (Lipinski definition) is 0. The van der Waals surface area contributed by atoms with Crippen LogP contribution in [0.3, 0.4) is 0 Å². The first-order chi connectivity index (χ1) is 13.6. The summed E-state index contributed by atoms with van der Waals surface area (Å²) in [6.07, 6.45) is 0. The molecule has 0 amide bonds. The molecule has 0 aliphatic carbocycles. The minimum Gasteiger partial charge on any atom is -0.165 e. The SMILES string of the molecule is C[CH]=[Zr]([Cl])[Cl].Cc1cc(C)c2cc(C)[cH-]c2c1.Cc1cc(C)c2cc(C)[cH-]c2c1. The molecule has 0 heterocycles. The summed E-state index contributed by atoms with van der Waals surface area (Å²) in [5.74, 6) is 0. The molecule has 0 unspecified atom stereocenters. The summed E-state index contributed by atoms with van der Waals surface area (Å²) in [4.78, 5) is 0. The summed E-state index contributed by atoms with van der Waals surface area (Å²) in [6, 6.07) is 18.0. The van der Waals surface area contributed by atoms with E-state index >= 15 is 0 Å². The van der Waals surface area contributed by atoms with Crippen LogP contribution in [0.4, 0.5) is 0 Å². The molecule has 154 valence electrons. The number of halogens is 2. The second kappa shape index (κ2) is 10.9. The molecule has 0 saturated carbocycles. The van der Waals surface area contributed by atoms with Crippen molar-refractivity contribution in [2.75, 3.05) is 0 Å². The van der Waals surface area contributed by atoms with Gasteiger partial charge in [0.25, 0.3) is 0 Å². The maximum absolute atomic E-state index is 5.37. The van der Waals surface area contributed by atoms with Crippen molar-refractivity contribution in [2.24, 2.45) is 0 Å².